The lowest BCUT2D eigenvalue weighted by atomic mass is 10.2. The summed E-state index contributed by atoms with van der Waals surface area (Å²) in [6.45, 7) is 0. The van der Waals surface area contributed by atoms with Crippen LogP contribution in [0.15, 0.2) is 76.5 Å². The Morgan fingerprint density at radius 1 is 0.929 bits per heavy atom. The standard InChI is InChI=1S/C20H15Cl2NO4S/c1-27-15-10-14(23-20(24)18-4-2-3-5-19(18)22)11-17(12-15)28(25,26)16-8-6-13(21)7-9-16/h2-12H,1H3,(H,23,24). The summed E-state index contributed by atoms with van der Waals surface area (Å²) in [7, 11) is -2.43. The second-order valence-electron chi connectivity index (χ2n) is 5.79. The van der Waals surface area contributed by atoms with Crippen molar-refractivity contribution in [3.63, 3.8) is 0 Å². The predicted molar refractivity (Wildman–Crippen MR) is 109 cm³/mol. The molecule has 0 heterocycles. The minimum absolute atomic E-state index is 0.0244. The van der Waals surface area contributed by atoms with Gasteiger partial charge in [0.2, 0.25) is 9.84 Å². The van der Waals surface area contributed by atoms with Crippen LogP contribution in [0.1, 0.15) is 10.4 Å². The van der Waals surface area contributed by atoms with E-state index in [2.05, 4.69) is 5.32 Å². The van der Waals surface area contributed by atoms with Gasteiger partial charge in [0.25, 0.3) is 5.91 Å². The highest BCUT2D eigenvalue weighted by atomic mass is 35.5. The number of methoxy groups -OCH3 is 1. The van der Waals surface area contributed by atoms with Gasteiger partial charge in [-0.25, -0.2) is 8.42 Å². The third-order valence-electron chi connectivity index (χ3n) is 3.93. The summed E-state index contributed by atoms with van der Waals surface area (Å²) in [4.78, 5) is 12.6. The van der Waals surface area contributed by atoms with E-state index in [0.29, 0.717) is 5.02 Å². The number of hydrogen-bond donors (Lipinski definition) is 1. The number of nitrogens with one attached hydrogen (secondary N) is 1. The number of halogens is 2. The van der Waals surface area contributed by atoms with Crippen LogP contribution in [0.4, 0.5) is 5.69 Å². The fourth-order valence-electron chi connectivity index (χ4n) is 2.51. The molecule has 0 bridgehead atoms. The van der Waals surface area contributed by atoms with E-state index in [-0.39, 0.29) is 31.8 Å². The van der Waals surface area contributed by atoms with Crippen LogP contribution in [0.2, 0.25) is 10.0 Å². The predicted octanol–water partition coefficient (Wildman–Crippen LogP) is 5.09. The fourth-order valence-corrected chi connectivity index (χ4v) is 4.18. The zero-order valence-electron chi connectivity index (χ0n) is 14.6. The molecule has 3 aromatic rings. The Bertz CT molecular complexity index is 1130. The van der Waals surface area contributed by atoms with Gasteiger partial charge in [0.05, 0.1) is 27.5 Å². The van der Waals surface area contributed by atoms with Crippen molar-refractivity contribution in [3.05, 3.63) is 82.3 Å². The van der Waals surface area contributed by atoms with Crippen molar-refractivity contribution in [1.29, 1.82) is 0 Å². The summed E-state index contributed by atoms with van der Waals surface area (Å²) in [5, 5.41) is 3.37. The maximum Gasteiger partial charge on any atom is 0.257 e. The van der Waals surface area contributed by atoms with Gasteiger partial charge in [-0.15, -0.1) is 0 Å². The van der Waals surface area contributed by atoms with Gasteiger partial charge in [0, 0.05) is 16.8 Å². The van der Waals surface area contributed by atoms with E-state index in [9.17, 15) is 13.2 Å². The molecule has 0 aromatic heterocycles. The molecule has 0 radical (unpaired) electrons. The number of carbonyl (C=O) groups excluding carboxylic acids is 1. The Hall–Kier alpha value is -2.54. The van der Waals surface area contributed by atoms with Crippen LogP contribution < -0.4 is 10.1 Å². The molecule has 28 heavy (non-hydrogen) atoms. The number of benzene rings is 3. The van der Waals surface area contributed by atoms with E-state index in [1.165, 1.54) is 49.6 Å². The molecule has 0 aliphatic carbocycles. The normalized spacial score (nSPS) is 11.1. The molecule has 144 valence electrons. The SMILES string of the molecule is COc1cc(NC(=O)c2ccccc2Cl)cc(S(=O)(=O)c2ccc(Cl)cc2)c1. The Morgan fingerprint density at radius 3 is 2.25 bits per heavy atom. The van der Waals surface area contributed by atoms with E-state index < -0.39 is 15.7 Å². The lowest BCUT2D eigenvalue weighted by Gasteiger charge is -2.12. The molecule has 3 rings (SSSR count). The summed E-state index contributed by atoms with van der Waals surface area (Å²) in [6, 6.07) is 16.7. The number of carbonyl (C=O) groups is 1. The maximum absolute atomic E-state index is 12.9. The minimum Gasteiger partial charge on any atom is -0.497 e. The van der Waals surface area contributed by atoms with Crippen LogP contribution in [0.5, 0.6) is 5.75 Å². The van der Waals surface area contributed by atoms with Crippen molar-refractivity contribution in [2.24, 2.45) is 0 Å². The molecule has 0 saturated heterocycles. The topological polar surface area (TPSA) is 72.5 Å². The summed E-state index contributed by atoms with van der Waals surface area (Å²) in [6.07, 6.45) is 0. The van der Waals surface area contributed by atoms with Gasteiger partial charge in [-0.2, -0.15) is 0 Å². The quantitative estimate of drug-likeness (QED) is 0.605. The largest absolute Gasteiger partial charge is 0.497 e. The number of ether oxygens (including phenoxy) is 1. The van der Waals surface area contributed by atoms with Crippen molar-refractivity contribution in [2.75, 3.05) is 12.4 Å². The molecule has 0 saturated carbocycles. The molecule has 0 fully saturated rings. The molecule has 3 aromatic carbocycles. The number of anilines is 1. The molecular weight excluding hydrogens is 421 g/mol. The second kappa shape index (κ2) is 8.22. The lowest BCUT2D eigenvalue weighted by Crippen LogP contribution is -2.13. The smallest absolute Gasteiger partial charge is 0.257 e. The van der Waals surface area contributed by atoms with E-state index in [4.69, 9.17) is 27.9 Å². The van der Waals surface area contributed by atoms with Crippen molar-refractivity contribution in [3.8, 4) is 5.75 Å². The van der Waals surface area contributed by atoms with Gasteiger partial charge in [0.15, 0.2) is 0 Å². The van der Waals surface area contributed by atoms with Gasteiger partial charge in [-0.3, -0.25) is 4.79 Å². The van der Waals surface area contributed by atoms with E-state index in [1.54, 1.807) is 24.3 Å². The van der Waals surface area contributed by atoms with E-state index >= 15 is 0 Å². The van der Waals surface area contributed by atoms with Crippen LogP contribution in [-0.2, 0) is 9.84 Å². The van der Waals surface area contributed by atoms with Crippen molar-refractivity contribution < 1.29 is 17.9 Å². The lowest BCUT2D eigenvalue weighted by molar-refractivity contribution is 0.102. The zero-order valence-corrected chi connectivity index (χ0v) is 17.0. The first kappa shape index (κ1) is 20.2. The first-order valence-corrected chi connectivity index (χ1v) is 10.3. The second-order valence-corrected chi connectivity index (χ2v) is 8.58. The molecule has 0 unspecified atom stereocenters. The number of sulfone groups is 1. The highest BCUT2D eigenvalue weighted by Crippen LogP contribution is 2.29. The summed E-state index contributed by atoms with van der Waals surface area (Å²) < 4.78 is 31.1. The van der Waals surface area contributed by atoms with Crippen molar-refractivity contribution in [1.82, 2.24) is 0 Å². The zero-order chi connectivity index (χ0) is 20.3. The van der Waals surface area contributed by atoms with Crippen molar-refractivity contribution in [2.45, 2.75) is 9.79 Å². The number of hydrogen-bond acceptors (Lipinski definition) is 4. The van der Waals surface area contributed by atoms with E-state index in [0.717, 1.165) is 0 Å². The molecular formula is C20H15Cl2NO4S. The monoisotopic (exact) mass is 435 g/mol. The van der Waals surface area contributed by atoms with Gasteiger partial charge >= 0.3 is 0 Å². The Kier molecular flexibility index (Phi) is 5.93. The van der Waals surface area contributed by atoms with Gasteiger partial charge in [0.1, 0.15) is 5.75 Å². The fraction of sp³-hybridized carbons (Fsp3) is 0.0500. The molecule has 0 spiro atoms. The van der Waals surface area contributed by atoms with Gasteiger partial charge in [-0.1, -0.05) is 35.3 Å². The Balaban J connectivity index is 1.99. The first-order chi connectivity index (χ1) is 13.3. The molecule has 1 N–H and O–H groups in total. The number of amides is 1. The molecule has 0 atom stereocenters. The Labute approximate surface area is 172 Å². The van der Waals surface area contributed by atoms with E-state index in [1.807, 2.05) is 0 Å². The van der Waals surface area contributed by atoms with Crippen LogP contribution >= 0.6 is 23.2 Å². The molecule has 8 heteroatoms. The average molecular weight is 436 g/mol. The third kappa shape index (κ3) is 4.30. The summed E-state index contributed by atoms with van der Waals surface area (Å²) in [5.74, 6) is -0.182. The Morgan fingerprint density at radius 2 is 1.61 bits per heavy atom. The minimum atomic E-state index is -3.84. The molecule has 5 nitrogen and oxygen atoms in total. The van der Waals surface area contributed by atoms with Crippen molar-refractivity contribution >= 4 is 44.6 Å². The van der Waals surface area contributed by atoms with Gasteiger partial charge in [-0.05, 0) is 48.5 Å². The highest BCUT2D eigenvalue weighted by molar-refractivity contribution is 7.91. The molecule has 0 aliphatic rings. The van der Waals surface area contributed by atoms with Crippen LogP contribution in [0.25, 0.3) is 0 Å². The summed E-state index contributed by atoms with van der Waals surface area (Å²) >= 11 is 11.9. The average Bonchev–Trinajstić information content (AvgIpc) is 2.68. The van der Waals surface area contributed by atoms with Gasteiger partial charge < -0.3 is 10.1 Å². The van der Waals surface area contributed by atoms with Crippen LogP contribution in [0.3, 0.4) is 0 Å². The van der Waals surface area contributed by atoms with Crippen LogP contribution in [0, 0.1) is 0 Å². The summed E-state index contributed by atoms with van der Waals surface area (Å²) in [5.41, 5.74) is 0.533. The van der Waals surface area contributed by atoms with Crippen LogP contribution in [-0.4, -0.2) is 21.4 Å². The highest BCUT2D eigenvalue weighted by Gasteiger charge is 2.20. The molecule has 0 aliphatic heterocycles. The molecule has 1 amide bonds. The number of rotatable bonds is 5. The maximum atomic E-state index is 12.9. The third-order valence-corrected chi connectivity index (χ3v) is 6.26. The first-order valence-electron chi connectivity index (χ1n) is 8.07.